The van der Waals surface area contributed by atoms with Gasteiger partial charge in [-0.3, -0.25) is 4.90 Å². The molecule has 1 radical (unpaired) electrons. The Morgan fingerprint density at radius 2 is 1.58 bits per heavy atom. The summed E-state index contributed by atoms with van der Waals surface area (Å²) in [5.41, 5.74) is 4.37. The molecule has 0 bridgehead atoms. The van der Waals surface area contributed by atoms with Gasteiger partial charge < -0.3 is 4.40 Å². The van der Waals surface area contributed by atoms with Gasteiger partial charge in [0.05, 0.1) is 6.04 Å². The molecule has 0 unspecified atom stereocenters. The second-order valence-electron chi connectivity index (χ2n) is 7.51. The van der Waals surface area contributed by atoms with Gasteiger partial charge in [0.1, 0.15) is 0 Å². The Morgan fingerprint density at radius 3 is 2.19 bits per heavy atom. The first-order valence-corrected chi connectivity index (χ1v) is 11.0. The minimum atomic E-state index is 1.17. The maximum atomic E-state index is 2.71. The molecule has 0 saturated carbocycles. The molecule has 2 heterocycles. The summed E-state index contributed by atoms with van der Waals surface area (Å²) in [6.07, 6.45) is 13.4. The molecule has 0 spiro atoms. The number of hydrogen-bond donors (Lipinski definition) is 0. The molecule has 145 valence electrons. The fraction of sp³-hybridized carbons (Fsp3) is 0.625. The summed E-state index contributed by atoms with van der Waals surface area (Å²) in [4.78, 5) is 2.71. The first kappa shape index (κ1) is 21.0. The summed E-state index contributed by atoms with van der Waals surface area (Å²) in [5.74, 6) is 0. The largest absolute Gasteiger partial charge is 0.319 e. The van der Waals surface area contributed by atoms with Gasteiger partial charge in [-0.2, -0.15) is 0 Å². The van der Waals surface area contributed by atoms with E-state index < -0.39 is 0 Å². The van der Waals surface area contributed by atoms with E-state index in [0.29, 0.717) is 0 Å². The zero-order chi connectivity index (χ0) is 18.8. The molecule has 0 saturated heterocycles. The van der Waals surface area contributed by atoms with Crippen molar-refractivity contribution in [3.8, 4) is 0 Å². The Kier molecular flexibility index (Phi) is 9.25. The molecular weight excluding hydrogens is 316 g/mol. The Morgan fingerprint density at radius 1 is 0.885 bits per heavy atom. The van der Waals surface area contributed by atoms with Gasteiger partial charge in [-0.05, 0) is 69.0 Å². The zero-order valence-corrected chi connectivity index (χ0v) is 17.6. The molecular formula is C24H39N2. The van der Waals surface area contributed by atoms with E-state index in [1.807, 2.05) is 0 Å². The Bertz CT molecular complexity index is 620. The maximum absolute atomic E-state index is 2.71. The highest BCUT2D eigenvalue weighted by atomic mass is 15.2. The predicted octanol–water partition coefficient (Wildman–Crippen LogP) is 6.86. The summed E-state index contributed by atoms with van der Waals surface area (Å²) in [5, 5.41) is 0. The fourth-order valence-electron chi connectivity index (χ4n) is 3.80. The summed E-state index contributed by atoms with van der Waals surface area (Å²) in [7, 11) is 0. The van der Waals surface area contributed by atoms with Crippen molar-refractivity contribution in [3.05, 3.63) is 47.8 Å². The highest BCUT2D eigenvalue weighted by Gasteiger charge is 2.25. The summed E-state index contributed by atoms with van der Waals surface area (Å²) in [6.45, 7) is 11.6. The standard InChI is InChI=1S/C24H39N2/c1-5-9-15-21-20-22-16-12-13-19-26(22)24(21)23(14-8-4)25(17-10-6-2)18-11-7-3/h12-13,16,19-20H,5-11,14-15,17-18H2,1-4H3. The molecule has 0 fully saturated rings. The van der Waals surface area contributed by atoms with E-state index in [2.05, 4.69) is 67.5 Å². The lowest BCUT2D eigenvalue weighted by Crippen LogP contribution is -2.33. The lowest BCUT2D eigenvalue weighted by molar-refractivity contribution is 0.273. The van der Waals surface area contributed by atoms with E-state index in [9.17, 15) is 0 Å². The number of unbranched alkanes of at least 4 members (excludes halogenated alkanes) is 3. The van der Waals surface area contributed by atoms with Crippen LogP contribution in [0, 0.1) is 6.04 Å². The molecule has 0 amide bonds. The normalized spacial score (nSPS) is 11.9. The van der Waals surface area contributed by atoms with Crippen LogP contribution in [-0.2, 0) is 6.42 Å². The third-order valence-electron chi connectivity index (χ3n) is 5.26. The third-order valence-corrected chi connectivity index (χ3v) is 5.26. The molecule has 26 heavy (non-hydrogen) atoms. The highest BCUT2D eigenvalue weighted by molar-refractivity contribution is 5.56. The van der Waals surface area contributed by atoms with Crippen molar-refractivity contribution in [2.75, 3.05) is 13.1 Å². The van der Waals surface area contributed by atoms with Crippen molar-refractivity contribution in [2.24, 2.45) is 0 Å². The van der Waals surface area contributed by atoms with Gasteiger partial charge in [-0.15, -0.1) is 0 Å². The Balaban J connectivity index is 2.44. The number of nitrogens with zero attached hydrogens (tertiary/aromatic N) is 2. The Labute approximate surface area is 161 Å². The molecule has 0 atom stereocenters. The van der Waals surface area contributed by atoms with Crippen LogP contribution in [0.2, 0.25) is 0 Å². The van der Waals surface area contributed by atoms with Gasteiger partial charge in [0.15, 0.2) is 0 Å². The number of aromatic nitrogens is 1. The van der Waals surface area contributed by atoms with E-state index in [1.54, 1.807) is 11.6 Å². The van der Waals surface area contributed by atoms with Crippen molar-refractivity contribution in [2.45, 2.75) is 85.5 Å². The predicted molar refractivity (Wildman–Crippen MR) is 115 cm³/mol. The van der Waals surface area contributed by atoms with Crippen LogP contribution in [0.25, 0.3) is 5.52 Å². The van der Waals surface area contributed by atoms with Gasteiger partial charge in [0.2, 0.25) is 0 Å². The summed E-state index contributed by atoms with van der Waals surface area (Å²) in [6, 6.07) is 10.6. The average molecular weight is 356 g/mol. The van der Waals surface area contributed by atoms with E-state index in [-0.39, 0.29) is 0 Å². The van der Waals surface area contributed by atoms with Crippen molar-refractivity contribution in [1.82, 2.24) is 9.30 Å². The smallest absolute Gasteiger partial charge is 0.0863 e. The van der Waals surface area contributed by atoms with E-state index in [4.69, 9.17) is 0 Å². The topological polar surface area (TPSA) is 7.65 Å². The molecule has 0 aliphatic carbocycles. The third kappa shape index (κ3) is 5.36. The molecule has 2 heteroatoms. The minimum absolute atomic E-state index is 1.17. The molecule has 2 aromatic rings. The lowest BCUT2D eigenvalue weighted by Gasteiger charge is -2.32. The molecule has 2 rings (SSSR count). The molecule has 2 nitrogen and oxygen atoms in total. The van der Waals surface area contributed by atoms with Gasteiger partial charge in [-0.1, -0.05) is 59.4 Å². The molecule has 0 aliphatic rings. The van der Waals surface area contributed by atoms with E-state index >= 15 is 0 Å². The van der Waals surface area contributed by atoms with Gasteiger partial charge in [0, 0.05) is 17.4 Å². The van der Waals surface area contributed by atoms with Crippen LogP contribution in [0.15, 0.2) is 30.5 Å². The molecule has 2 aromatic heterocycles. The number of rotatable bonds is 13. The van der Waals surface area contributed by atoms with Crippen LogP contribution in [0.4, 0.5) is 0 Å². The SMILES string of the molecule is CCCCc1cc2ccccn2c1[C](CCC)N(CCCC)CCCC. The first-order valence-electron chi connectivity index (χ1n) is 11.0. The fourth-order valence-corrected chi connectivity index (χ4v) is 3.80. The monoisotopic (exact) mass is 355 g/mol. The van der Waals surface area contributed by atoms with Crippen molar-refractivity contribution in [1.29, 1.82) is 0 Å². The maximum Gasteiger partial charge on any atom is 0.0863 e. The van der Waals surface area contributed by atoms with Crippen LogP contribution in [0.1, 0.15) is 90.3 Å². The molecule has 0 aromatic carbocycles. The first-order chi connectivity index (χ1) is 12.8. The Hall–Kier alpha value is -1.28. The highest BCUT2D eigenvalue weighted by Crippen LogP contribution is 2.32. The van der Waals surface area contributed by atoms with Crippen LogP contribution in [0.3, 0.4) is 0 Å². The van der Waals surface area contributed by atoms with Crippen LogP contribution in [0.5, 0.6) is 0 Å². The average Bonchev–Trinajstić information content (AvgIpc) is 3.03. The van der Waals surface area contributed by atoms with Crippen LogP contribution >= 0.6 is 0 Å². The van der Waals surface area contributed by atoms with Gasteiger partial charge in [-0.25, -0.2) is 0 Å². The minimum Gasteiger partial charge on any atom is -0.319 e. The number of pyridine rings is 1. The summed E-state index contributed by atoms with van der Waals surface area (Å²) >= 11 is 0. The van der Waals surface area contributed by atoms with Gasteiger partial charge in [0.25, 0.3) is 0 Å². The second kappa shape index (κ2) is 11.4. The quantitative estimate of drug-likeness (QED) is 0.380. The van der Waals surface area contributed by atoms with Crippen LogP contribution < -0.4 is 0 Å². The van der Waals surface area contributed by atoms with E-state index in [0.717, 1.165) is 0 Å². The van der Waals surface area contributed by atoms with Crippen molar-refractivity contribution < 1.29 is 0 Å². The summed E-state index contributed by atoms with van der Waals surface area (Å²) < 4.78 is 2.45. The number of hydrogen-bond acceptors (Lipinski definition) is 1. The second-order valence-corrected chi connectivity index (χ2v) is 7.51. The van der Waals surface area contributed by atoms with Crippen molar-refractivity contribution >= 4 is 5.52 Å². The number of fused-ring (bicyclic) bond motifs is 1. The zero-order valence-electron chi connectivity index (χ0n) is 17.6. The van der Waals surface area contributed by atoms with Crippen molar-refractivity contribution in [3.63, 3.8) is 0 Å². The molecule has 0 aliphatic heterocycles. The van der Waals surface area contributed by atoms with E-state index in [1.165, 1.54) is 82.1 Å². The lowest BCUT2D eigenvalue weighted by atomic mass is 9.99. The molecule has 0 N–H and O–H groups in total. The number of aryl methyl sites for hydroxylation is 1. The van der Waals surface area contributed by atoms with Crippen LogP contribution in [-0.4, -0.2) is 22.4 Å². The van der Waals surface area contributed by atoms with Gasteiger partial charge >= 0.3 is 0 Å².